The zero-order valence-corrected chi connectivity index (χ0v) is 26.9. The van der Waals surface area contributed by atoms with Crippen LogP contribution in [0, 0.1) is 6.92 Å². The minimum Gasteiger partial charge on any atom is -0.360 e. The number of aryl methyl sites for hydroxylation is 1. The van der Waals surface area contributed by atoms with Crippen molar-refractivity contribution in [2.45, 2.75) is 53.2 Å². The molecule has 0 fully saturated rings. The lowest BCUT2D eigenvalue weighted by atomic mass is 9.90. The standard InChI is InChI=1S/C35H34ClN3O3S/c1-20-18-29-33(31(24-8-12-26(36)13-9-24)30(20)32(21(2)40)42-35(4,5)6)43-34(38-29)25-16-17-37-28(19-25)23-10-14-27(15-11-23)39(7)22(3)41/h8-19,32H,1-7H3/t32-/m1/s1. The molecule has 2 aromatic heterocycles. The first kappa shape index (κ1) is 30.5. The van der Waals surface area contributed by atoms with Crippen LogP contribution in [0.2, 0.25) is 5.02 Å². The van der Waals surface area contributed by atoms with Gasteiger partial charge in [-0.25, -0.2) is 4.98 Å². The van der Waals surface area contributed by atoms with Crippen LogP contribution in [0.5, 0.6) is 0 Å². The minimum atomic E-state index is -0.738. The second-order valence-electron chi connectivity index (χ2n) is 11.6. The van der Waals surface area contributed by atoms with Gasteiger partial charge in [0.2, 0.25) is 5.91 Å². The highest BCUT2D eigenvalue weighted by Crippen LogP contribution is 2.44. The largest absolute Gasteiger partial charge is 0.360 e. The van der Waals surface area contributed by atoms with Gasteiger partial charge in [0.05, 0.1) is 21.5 Å². The second kappa shape index (κ2) is 12.0. The molecule has 0 aliphatic rings. The van der Waals surface area contributed by atoms with Crippen LogP contribution < -0.4 is 4.90 Å². The van der Waals surface area contributed by atoms with Gasteiger partial charge in [-0.05, 0) is 88.2 Å². The van der Waals surface area contributed by atoms with E-state index < -0.39 is 11.7 Å². The topological polar surface area (TPSA) is 72.4 Å². The first-order valence-electron chi connectivity index (χ1n) is 14.0. The van der Waals surface area contributed by atoms with E-state index in [0.29, 0.717) is 5.02 Å². The lowest BCUT2D eigenvalue weighted by molar-refractivity contribution is -0.138. The molecular formula is C35H34ClN3O3S. The number of fused-ring (bicyclic) bond motifs is 1. The molecule has 5 aromatic rings. The van der Waals surface area contributed by atoms with Gasteiger partial charge in [-0.3, -0.25) is 14.6 Å². The molecule has 0 radical (unpaired) electrons. The highest BCUT2D eigenvalue weighted by Gasteiger charge is 2.30. The summed E-state index contributed by atoms with van der Waals surface area (Å²) < 4.78 is 7.34. The van der Waals surface area contributed by atoms with Crippen molar-refractivity contribution in [2.75, 3.05) is 11.9 Å². The van der Waals surface area contributed by atoms with Crippen molar-refractivity contribution < 1.29 is 14.3 Å². The molecule has 0 spiro atoms. The number of anilines is 1. The number of carbonyl (C=O) groups is 2. The van der Waals surface area contributed by atoms with E-state index >= 15 is 0 Å². The summed E-state index contributed by atoms with van der Waals surface area (Å²) in [5, 5.41) is 1.48. The molecule has 1 amide bonds. The van der Waals surface area contributed by atoms with Crippen LogP contribution in [0.25, 0.3) is 43.2 Å². The Morgan fingerprint density at radius 2 is 1.58 bits per heavy atom. The van der Waals surface area contributed by atoms with Crippen molar-refractivity contribution in [2.24, 2.45) is 0 Å². The quantitative estimate of drug-likeness (QED) is 0.183. The maximum absolute atomic E-state index is 13.1. The van der Waals surface area contributed by atoms with Gasteiger partial charge in [0, 0.05) is 53.1 Å². The smallest absolute Gasteiger partial charge is 0.223 e. The van der Waals surface area contributed by atoms with Crippen LogP contribution in [-0.2, 0) is 14.3 Å². The van der Waals surface area contributed by atoms with Gasteiger partial charge in [-0.1, -0.05) is 35.9 Å². The molecule has 8 heteroatoms. The van der Waals surface area contributed by atoms with E-state index in [1.807, 2.05) is 94.4 Å². The van der Waals surface area contributed by atoms with Gasteiger partial charge in [0.25, 0.3) is 0 Å². The Labute approximate surface area is 261 Å². The third kappa shape index (κ3) is 6.54. The summed E-state index contributed by atoms with van der Waals surface area (Å²) in [6.07, 6.45) is 1.05. The van der Waals surface area contributed by atoms with Crippen LogP contribution in [0.15, 0.2) is 72.9 Å². The number of pyridine rings is 1. The Morgan fingerprint density at radius 3 is 2.19 bits per heavy atom. The van der Waals surface area contributed by atoms with E-state index in [4.69, 9.17) is 21.3 Å². The summed E-state index contributed by atoms with van der Waals surface area (Å²) in [7, 11) is 1.75. The summed E-state index contributed by atoms with van der Waals surface area (Å²) in [6, 6.07) is 21.4. The molecule has 3 aromatic carbocycles. The number of benzene rings is 3. The fourth-order valence-corrected chi connectivity index (χ4v) is 6.28. The van der Waals surface area contributed by atoms with Gasteiger partial charge >= 0.3 is 0 Å². The number of halogens is 1. The maximum atomic E-state index is 13.1. The number of amides is 1. The number of rotatable bonds is 7. The highest BCUT2D eigenvalue weighted by atomic mass is 35.5. The zero-order valence-electron chi connectivity index (χ0n) is 25.4. The summed E-state index contributed by atoms with van der Waals surface area (Å²) in [6.45, 7) is 11.0. The van der Waals surface area contributed by atoms with Crippen molar-refractivity contribution in [3.63, 3.8) is 0 Å². The lowest BCUT2D eigenvalue weighted by Crippen LogP contribution is -2.27. The van der Waals surface area contributed by atoms with Crippen LogP contribution in [0.4, 0.5) is 5.69 Å². The van der Waals surface area contributed by atoms with E-state index in [0.717, 1.165) is 60.0 Å². The Hall–Kier alpha value is -3.91. The van der Waals surface area contributed by atoms with Crippen molar-refractivity contribution in [1.82, 2.24) is 9.97 Å². The normalized spacial score (nSPS) is 12.4. The molecule has 0 bridgehead atoms. The number of Topliss-reactive ketones (excluding diaryl/α,β-unsaturated/α-hetero) is 1. The van der Waals surface area contributed by atoms with E-state index in [2.05, 4.69) is 4.98 Å². The number of ether oxygens (including phenoxy) is 1. The number of ketones is 1. The molecule has 220 valence electrons. The van der Waals surface area contributed by atoms with E-state index in [1.54, 1.807) is 36.4 Å². The van der Waals surface area contributed by atoms with Gasteiger partial charge in [-0.15, -0.1) is 11.3 Å². The third-order valence-corrected chi connectivity index (χ3v) is 8.58. The molecule has 0 N–H and O–H groups in total. The van der Waals surface area contributed by atoms with Crippen LogP contribution in [0.1, 0.15) is 51.8 Å². The molecule has 0 aliphatic carbocycles. The predicted molar refractivity (Wildman–Crippen MR) is 177 cm³/mol. The number of aromatic nitrogens is 2. The average Bonchev–Trinajstić information content (AvgIpc) is 3.39. The number of thiazole rings is 1. The molecule has 2 heterocycles. The molecule has 0 aliphatic heterocycles. The van der Waals surface area contributed by atoms with Crippen molar-refractivity contribution >= 4 is 50.5 Å². The fourth-order valence-electron chi connectivity index (χ4n) is 5.03. The number of hydrogen-bond acceptors (Lipinski definition) is 6. The summed E-state index contributed by atoms with van der Waals surface area (Å²) >= 11 is 7.84. The summed E-state index contributed by atoms with van der Waals surface area (Å²) in [5.41, 5.74) is 7.47. The Morgan fingerprint density at radius 1 is 0.930 bits per heavy atom. The molecule has 0 unspecified atom stereocenters. The second-order valence-corrected chi connectivity index (χ2v) is 13.1. The number of carbonyl (C=O) groups excluding carboxylic acids is 2. The van der Waals surface area contributed by atoms with Gasteiger partial charge in [0.15, 0.2) is 5.78 Å². The maximum Gasteiger partial charge on any atom is 0.223 e. The molecule has 5 rings (SSSR count). The number of hydrogen-bond donors (Lipinski definition) is 0. The zero-order chi connectivity index (χ0) is 31.1. The molecular weight excluding hydrogens is 578 g/mol. The van der Waals surface area contributed by atoms with Gasteiger partial charge < -0.3 is 9.64 Å². The Bertz CT molecular complexity index is 1820. The Kier molecular flexibility index (Phi) is 8.52. The average molecular weight is 612 g/mol. The number of nitrogens with zero attached hydrogens (tertiary/aromatic N) is 3. The molecule has 1 atom stereocenters. The van der Waals surface area contributed by atoms with E-state index in [-0.39, 0.29) is 11.7 Å². The SMILES string of the molecule is CC(=O)[C@@H](OC(C)(C)C)c1c(C)cc2nc(-c3ccnc(-c4ccc(N(C)C(C)=O)cc4)c3)sc2c1-c1ccc(Cl)cc1. The Balaban J connectivity index is 1.65. The molecule has 43 heavy (non-hydrogen) atoms. The lowest BCUT2D eigenvalue weighted by Gasteiger charge is -2.29. The molecule has 6 nitrogen and oxygen atoms in total. The summed E-state index contributed by atoms with van der Waals surface area (Å²) in [4.78, 5) is 36.1. The van der Waals surface area contributed by atoms with E-state index in [1.165, 1.54) is 6.92 Å². The van der Waals surface area contributed by atoms with Crippen molar-refractivity contribution in [3.8, 4) is 33.0 Å². The summed E-state index contributed by atoms with van der Waals surface area (Å²) in [5.74, 6) is -0.0868. The van der Waals surface area contributed by atoms with Crippen LogP contribution in [0.3, 0.4) is 0 Å². The molecule has 0 saturated carbocycles. The van der Waals surface area contributed by atoms with Gasteiger partial charge in [0.1, 0.15) is 11.1 Å². The van der Waals surface area contributed by atoms with Crippen LogP contribution >= 0.6 is 22.9 Å². The monoisotopic (exact) mass is 611 g/mol. The first-order chi connectivity index (χ1) is 20.3. The predicted octanol–water partition coefficient (Wildman–Crippen LogP) is 9.08. The third-order valence-electron chi connectivity index (χ3n) is 7.19. The highest BCUT2D eigenvalue weighted by molar-refractivity contribution is 7.22. The fraction of sp³-hybridized carbons (Fsp3) is 0.257. The van der Waals surface area contributed by atoms with Gasteiger partial charge in [-0.2, -0.15) is 0 Å². The van der Waals surface area contributed by atoms with Crippen molar-refractivity contribution in [3.05, 3.63) is 89.1 Å². The van der Waals surface area contributed by atoms with Crippen molar-refractivity contribution in [1.29, 1.82) is 0 Å². The minimum absolute atomic E-state index is 0.0281. The van der Waals surface area contributed by atoms with E-state index in [9.17, 15) is 9.59 Å². The molecule has 0 saturated heterocycles. The van der Waals surface area contributed by atoms with Crippen LogP contribution in [-0.4, -0.2) is 34.3 Å². The first-order valence-corrected chi connectivity index (χ1v) is 15.2.